The fraction of sp³-hybridized carbons (Fsp3) is 0.368. The zero-order valence-electron chi connectivity index (χ0n) is 27.6. The van der Waals surface area contributed by atoms with Gasteiger partial charge in [-0.2, -0.15) is 0 Å². The molecule has 4 aromatic rings. The molecular weight excluding hydrogens is 580 g/mol. The highest BCUT2D eigenvalue weighted by Gasteiger charge is 2.29. The number of benzene rings is 4. The van der Waals surface area contributed by atoms with Gasteiger partial charge in [0.25, 0.3) is 0 Å². The Kier molecular flexibility index (Phi) is 9.29. The van der Waals surface area contributed by atoms with Crippen LogP contribution in [-0.4, -0.2) is 70.5 Å². The van der Waals surface area contributed by atoms with Gasteiger partial charge < -0.3 is 28.8 Å². The van der Waals surface area contributed by atoms with Gasteiger partial charge >= 0.3 is 0 Å². The number of phenolic OH excluding ortho intramolecular Hbond substituents is 1. The lowest BCUT2D eigenvalue weighted by Crippen LogP contribution is -2.33. The van der Waals surface area contributed by atoms with Crippen molar-refractivity contribution in [3.8, 4) is 40.2 Å². The highest BCUT2D eigenvalue weighted by molar-refractivity contribution is 5.54. The molecule has 46 heavy (non-hydrogen) atoms. The summed E-state index contributed by atoms with van der Waals surface area (Å²) in [5, 5.41) is 11.2. The van der Waals surface area contributed by atoms with Gasteiger partial charge in [0.1, 0.15) is 5.75 Å². The van der Waals surface area contributed by atoms with Crippen molar-refractivity contribution in [2.24, 2.45) is 0 Å². The first-order valence-corrected chi connectivity index (χ1v) is 15.8. The van der Waals surface area contributed by atoms with Gasteiger partial charge in [-0.1, -0.05) is 18.2 Å². The van der Waals surface area contributed by atoms with E-state index in [4.69, 9.17) is 23.7 Å². The van der Waals surface area contributed by atoms with E-state index in [0.717, 1.165) is 61.6 Å². The van der Waals surface area contributed by atoms with Gasteiger partial charge in [-0.25, -0.2) is 0 Å². The van der Waals surface area contributed by atoms with Gasteiger partial charge in [-0.05, 0) is 122 Å². The Morgan fingerprint density at radius 3 is 1.63 bits per heavy atom. The molecule has 0 unspecified atom stereocenters. The van der Waals surface area contributed by atoms with Crippen LogP contribution >= 0.6 is 0 Å². The minimum absolute atomic E-state index is 0.0928. The first-order valence-electron chi connectivity index (χ1n) is 15.8. The summed E-state index contributed by atoms with van der Waals surface area (Å²) in [6, 6.07) is 22.6. The lowest BCUT2D eigenvalue weighted by atomic mass is 9.88. The molecule has 0 saturated heterocycles. The molecule has 8 nitrogen and oxygen atoms in total. The molecule has 0 bridgehead atoms. The molecule has 4 aromatic carbocycles. The normalized spacial score (nSPS) is 18.0. The molecule has 0 aromatic heterocycles. The van der Waals surface area contributed by atoms with Gasteiger partial charge in [-0.3, -0.25) is 9.80 Å². The fourth-order valence-electron chi connectivity index (χ4n) is 6.86. The number of ether oxygens (including phenoxy) is 5. The summed E-state index contributed by atoms with van der Waals surface area (Å²) in [4.78, 5) is 4.74. The van der Waals surface area contributed by atoms with Crippen LogP contribution in [0, 0.1) is 0 Å². The number of methoxy groups -OCH3 is 4. The average Bonchev–Trinajstić information content (AvgIpc) is 3.08. The zero-order valence-corrected chi connectivity index (χ0v) is 27.6. The van der Waals surface area contributed by atoms with Crippen LogP contribution in [-0.2, 0) is 25.7 Å². The molecule has 8 heteroatoms. The van der Waals surface area contributed by atoms with Crippen molar-refractivity contribution in [3.63, 3.8) is 0 Å². The SMILES string of the molecule is COc1ccc(C[C@@H]2c3cc(Oc4ccc(C[C@@H]5c6cc(OC)c(OC)cc6CCN5C)cc4O)c(OC)cc3CCN2C)cc1. The predicted octanol–water partition coefficient (Wildman–Crippen LogP) is 6.76. The molecule has 1 N–H and O–H groups in total. The van der Waals surface area contributed by atoms with E-state index in [-0.39, 0.29) is 17.8 Å². The van der Waals surface area contributed by atoms with Crippen molar-refractivity contribution in [1.82, 2.24) is 9.80 Å². The first-order chi connectivity index (χ1) is 22.3. The quantitative estimate of drug-likeness (QED) is 0.208. The Hall–Kier alpha value is -4.40. The predicted molar refractivity (Wildman–Crippen MR) is 179 cm³/mol. The van der Waals surface area contributed by atoms with Crippen molar-refractivity contribution in [2.45, 2.75) is 37.8 Å². The van der Waals surface area contributed by atoms with Crippen LogP contribution in [0.15, 0.2) is 66.7 Å². The second-order valence-corrected chi connectivity index (χ2v) is 12.3. The number of hydrogen-bond donors (Lipinski definition) is 1. The van der Waals surface area contributed by atoms with Crippen molar-refractivity contribution in [2.75, 3.05) is 55.6 Å². The second kappa shape index (κ2) is 13.5. The molecule has 0 amide bonds. The van der Waals surface area contributed by atoms with Crippen LogP contribution in [0.5, 0.6) is 40.2 Å². The molecule has 242 valence electrons. The standard InChI is InChI=1S/C38H44N2O6/c1-39-15-14-27-21-36(44-5)38(23-30(27)31(39)17-24-7-10-28(42-3)11-8-24)46-34-12-9-25(19-33(34)41)18-32-29-22-37(45-6)35(43-4)20-26(29)13-16-40(32)2/h7-12,19-23,31-32,41H,13-18H2,1-6H3/t31-,32-/m1/s1. The Labute approximate surface area is 272 Å². The fourth-order valence-corrected chi connectivity index (χ4v) is 6.86. The van der Waals surface area contributed by atoms with Crippen LogP contribution in [0.25, 0.3) is 0 Å². The molecule has 6 rings (SSSR count). The van der Waals surface area contributed by atoms with Crippen LogP contribution in [0.1, 0.15) is 45.5 Å². The van der Waals surface area contributed by atoms with Gasteiger partial charge in [-0.15, -0.1) is 0 Å². The van der Waals surface area contributed by atoms with Gasteiger partial charge in [0.15, 0.2) is 34.5 Å². The Balaban J connectivity index is 1.25. The van der Waals surface area contributed by atoms with Crippen molar-refractivity contribution < 1.29 is 28.8 Å². The Morgan fingerprint density at radius 1 is 0.587 bits per heavy atom. The van der Waals surface area contributed by atoms with E-state index in [1.165, 1.54) is 27.8 Å². The number of fused-ring (bicyclic) bond motifs is 2. The molecule has 0 saturated carbocycles. The third-order valence-corrected chi connectivity index (χ3v) is 9.58. The maximum absolute atomic E-state index is 11.2. The second-order valence-electron chi connectivity index (χ2n) is 12.3. The van der Waals surface area contributed by atoms with E-state index >= 15 is 0 Å². The molecule has 2 aliphatic rings. The summed E-state index contributed by atoms with van der Waals surface area (Å²) in [5.41, 5.74) is 7.21. The van der Waals surface area contributed by atoms with Gasteiger partial charge in [0.2, 0.25) is 0 Å². The van der Waals surface area contributed by atoms with Crippen molar-refractivity contribution in [3.05, 3.63) is 100 Å². The van der Waals surface area contributed by atoms with Crippen LogP contribution in [0.4, 0.5) is 0 Å². The number of nitrogens with zero attached hydrogens (tertiary/aromatic N) is 2. The Bertz CT molecular complexity index is 1690. The molecule has 2 aliphatic heterocycles. The lowest BCUT2D eigenvalue weighted by molar-refractivity contribution is 0.227. The number of aromatic hydroxyl groups is 1. The van der Waals surface area contributed by atoms with E-state index < -0.39 is 0 Å². The molecule has 2 atom stereocenters. The van der Waals surface area contributed by atoms with Crippen LogP contribution < -0.4 is 23.7 Å². The zero-order chi connectivity index (χ0) is 32.4. The van der Waals surface area contributed by atoms with E-state index in [1.807, 2.05) is 30.3 Å². The van der Waals surface area contributed by atoms with Crippen LogP contribution in [0.3, 0.4) is 0 Å². The molecule has 0 radical (unpaired) electrons. The van der Waals surface area contributed by atoms with Gasteiger partial charge in [0.05, 0.1) is 28.4 Å². The monoisotopic (exact) mass is 624 g/mol. The van der Waals surface area contributed by atoms with E-state index in [9.17, 15) is 5.11 Å². The summed E-state index contributed by atoms with van der Waals surface area (Å²) in [5.74, 6) is 4.05. The number of rotatable bonds is 10. The molecule has 0 spiro atoms. The topological polar surface area (TPSA) is 72.9 Å². The number of hydrogen-bond acceptors (Lipinski definition) is 8. The van der Waals surface area contributed by atoms with E-state index in [2.05, 4.69) is 60.3 Å². The minimum atomic E-state index is 0.0928. The maximum atomic E-state index is 11.2. The van der Waals surface area contributed by atoms with E-state index in [1.54, 1.807) is 28.4 Å². The summed E-state index contributed by atoms with van der Waals surface area (Å²) >= 11 is 0. The minimum Gasteiger partial charge on any atom is -0.504 e. The lowest BCUT2D eigenvalue weighted by Gasteiger charge is -2.35. The highest BCUT2D eigenvalue weighted by atomic mass is 16.5. The Morgan fingerprint density at radius 2 is 1.09 bits per heavy atom. The molecule has 0 aliphatic carbocycles. The highest BCUT2D eigenvalue weighted by Crippen LogP contribution is 2.44. The summed E-state index contributed by atoms with van der Waals surface area (Å²) < 4.78 is 28.7. The molecule has 0 fully saturated rings. The van der Waals surface area contributed by atoms with Crippen LogP contribution in [0.2, 0.25) is 0 Å². The van der Waals surface area contributed by atoms with Crippen molar-refractivity contribution in [1.29, 1.82) is 0 Å². The third kappa shape index (κ3) is 6.32. The first kappa shape index (κ1) is 31.6. The van der Waals surface area contributed by atoms with Crippen molar-refractivity contribution >= 4 is 0 Å². The maximum Gasteiger partial charge on any atom is 0.169 e. The third-order valence-electron chi connectivity index (χ3n) is 9.58. The summed E-state index contributed by atoms with van der Waals surface area (Å²) in [6.07, 6.45) is 3.46. The number of likely N-dealkylation sites (N-methyl/N-ethyl adjacent to an activating group) is 2. The average molecular weight is 625 g/mol. The summed E-state index contributed by atoms with van der Waals surface area (Å²) in [7, 11) is 11.0. The molecular formula is C38H44N2O6. The smallest absolute Gasteiger partial charge is 0.169 e. The molecule has 2 heterocycles. The van der Waals surface area contributed by atoms with Gasteiger partial charge in [0, 0.05) is 25.2 Å². The summed E-state index contributed by atoms with van der Waals surface area (Å²) in [6.45, 7) is 1.90. The largest absolute Gasteiger partial charge is 0.504 e. The number of phenols is 1. The van der Waals surface area contributed by atoms with E-state index in [0.29, 0.717) is 17.2 Å².